The van der Waals surface area contributed by atoms with Crippen LogP contribution in [0, 0.1) is 0 Å². The van der Waals surface area contributed by atoms with Crippen LogP contribution in [0.15, 0.2) is 24.0 Å². The van der Waals surface area contributed by atoms with E-state index in [-0.39, 0.29) is 6.10 Å². The van der Waals surface area contributed by atoms with Crippen molar-refractivity contribution in [3.63, 3.8) is 0 Å². The van der Waals surface area contributed by atoms with E-state index < -0.39 is 0 Å². The average molecular weight is 234 g/mol. The standard InChI is InChI=1S/C14H22N2O/c1-16-10-9-15-14(16)8-7-13(17)11-12-5-3-2-4-6-12/h5,9-10,13,17H,2-4,6-8,11H2,1H3. The molecule has 0 aromatic carbocycles. The molecule has 1 N–H and O–H groups in total. The van der Waals surface area contributed by atoms with Gasteiger partial charge in [0.25, 0.3) is 0 Å². The number of aromatic nitrogens is 2. The van der Waals surface area contributed by atoms with Gasteiger partial charge in [-0.15, -0.1) is 0 Å². The van der Waals surface area contributed by atoms with Crippen molar-refractivity contribution in [3.8, 4) is 0 Å². The van der Waals surface area contributed by atoms with Crippen LogP contribution in [-0.4, -0.2) is 20.8 Å². The van der Waals surface area contributed by atoms with E-state index in [0.717, 1.165) is 25.1 Å². The highest BCUT2D eigenvalue weighted by Gasteiger charge is 2.11. The zero-order valence-electron chi connectivity index (χ0n) is 10.6. The molecule has 1 aliphatic carbocycles. The summed E-state index contributed by atoms with van der Waals surface area (Å²) < 4.78 is 2.02. The van der Waals surface area contributed by atoms with Gasteiger partial charge in [0, 0.05) is 25.9 Å². The molecule has 1 aromatic heterocycles. The fourth-order valence-electron chi connectivity index (χ4n) is 2.43. The number of aryl methyl sites for hydroxylation is 2. The van der Waals surface area contributed by atoms with E-state index >= 15 is 0 Å². The summed E-state index contributed by atoms with van der Waals surface area (Å²) in [5, 5.41) is 10.0. The lowest BCUT2D eigenvalue weighted by Crippen LogP contribution is -2.11. The zero-order valence-corrected chi connectivity index (χ0v) is 10.6. The predicted octanol–water partition coefficient (Wildman–Crippen LogP) is 2.60. The highest BCUT2D eigenvalue weighted by molar-refractivity contribution is 5.06. The van der Waals surface area contributed by atoms with Gasteiger partial charge in [-0.3, -0.25) is 0 Å². The molecular weight excluding hydrogens is 212 g/mol. The largest absolute Gasteiger partial charge is 0.393 e. The molecule has 17 heavy (non-hydrogen) atoms. The van der Waals surface area contributed by atoms with Gasteiger partial charge in [-0.2, -0.15) is 0 Å². The van der Waals surface area contributed by atoms with Gasteiger partial charge in [0.15, 0.2) is 0 Å². The van der Waals surface area contributed by atoms with Crippen molar-refractivity contribution in [2.24, 2.45) is 7.05 Å². The molecule has 0 amide bonds. The number of nitrogens with zero attached hydrogens (tertiary/aromatic N) is 2. The van der Waals surface area contributed by atoms with Crippen molar-refractivity contribution in [1.82, 2.24) is 9.55 Å². The molecule has 2 rings (SSSR count). The molecule has 1 unspecified atom stereocenters. The Balaban J connectivity index is 1.75. The van der Waals surface area contributed by atoms with Crippen molar-refractivity contribution in [1.29, 1.82) is 0 Å². The van der Waals surface area contributed by atoms with Crippen LogP contribution in [0.5, 0.6) is 0 Å². The lowest BCUT2D eigenvalue weighted by atomic mass is 9.94. The second kappa shape index (κ2) is 6.01. The van der Waals surface area contributed by atoms with Crippen molar-refractivity contribution >= 4 is 0 Å². The maximum Gasteiger partial charge on any atom is 0.108 e. The van der Waals surface area contributed by atoms with Gasteiger partial charge in [-0.1, -0.05) is 11.6 Å². The van der Waals surface area contributed by atoms with Crippen LogP contribution in [-0.2, 0) is 13.5 Å². The Morgan fingerprint density at radius 1 is 1.47 bits per heavy atom. The molecule has 0 aliphatic heterocycles. The van der Waals surface area contributed by atoms with Crippen LogP contribution in [0.2, 0.25) is 0 Å². The zero-order chi connectivity index (χ0) is 12.1. The molecule has 1 aliphatic rings. The Morgan fingerprint density at radius 3 is 3.00 bits per heavy atom. The van der Waals surface area contributed by atoms with Crippen molar-refractivity contribution in [2.75, 3.05) is 0 Å². The molecule has 0 fully saturated rings. The number of aliphatic hydroxyl groups excluding tert-OH is 1. The van der Waals surface area contributed by atoms with E-state index in [4.69, 9.17) is 0 Å². The number of rotatable bonds is 5. The molecule has 1 heterocycles. The summed E-state index contributed by atoms with van der Waals surface area (Å²) in [5.41, 5.74) is 1.45. The van der Waals surface area contributed by atoms with E-state index in [9.17, 15) is 5.11 Å². The van der Waals surface area contributed by atoms with Gasteiger partial charge >= 0.3 is 0 Å². The normalized spacial score (nSPS) is 17.9. The third kappa shape index (κ3) is 3.70. The molecule has 3 heteroatoms. The Labute approximate surface area is 103 Å². The molecule has 1 atom stereocenters. The van der Waals surface area contributed by atoms with Crippen molar-refractivity contribution in [2.45, 2.75) is 51.0 Å². The Kier molecular flexibility index (Phi) is 4.37. The van der Waals surface area contributed by atoms with Crippen LogP contribution >= 0.6 is 0 Å². The summed E-state index contributed by atoms with van der Waals surface area (Å²) in [6, 6.07) is 0. The first-order valence-corrected chi connectivity index (χ1v) is 6.58. The highest BCUT2D eigenvalue weighted by atomic mass is 16.3. The van der Waals surface area contributed by atoms with E-state index in [1.165, 1.54) is 31.3 Å². The molecular formula is C14H22N2O. The minimum absolute atomic E-state index is 0.212. The molecule has 0 saturated carbocycles. The fraction of sp³-hybridized carbons (Fsp3) is 0.643. The van der Waals surface area contributed by atoms with Crippen LogP contribution < -0.4 is 0 Å². The number of allylic oxidation sites excluding steroid dienone is 1. The lowest BCUT2D eigenvalue weighted by molar-refractivity contribution is 0.162. The molecule has 3 nitrogen and oxygen atoms in total. The summed E-state index contributed by atoms with van der Waals surface area (Å²) in [6.45, 7) is 0. The minimum atomic E-state index is -0.212. The van der Waals surface area contributed by atoms with Gasteiger partial charge in [0.1, 0.15) is 5.82 Å². The third-order valence-electron chi connectivity index (χ3n) is 3.50. The number of imidazole rings is 1. The topological polar surface area (TPSA) is 38.0 Å². The highest BCUT2D eigenvalue weighted by Crippen LogP contribution is 2.22. The molecule has 0 bridgehead atoms. The lowest BCUT2D eigenvalue weighted by Gasteiger charge is -2.16. The summed E-state index contributed by atoms with van der Waals surface area (Å²) >= 11 is 0. The van der Waals surface area contributed by atoms with Crippen LogP contribution in [0.4, 0.5) is 0 Å². The summed E-state index contributed by atoms with van der Waals surface area (Å²) in [5.74, 6) is 1.06. The molecule has 0 spiro atoms. The Bertz CT molecular complexity index is 381. The van der Waals surface area contributed by atoms with E-state index in [2.05, 4.69) is 11.1 Å². The molecule has 1 aromatic rings. The number of hydrogen-bond donors (Lipinski definition) is 1. The van der Waals surface area contributed by atoms with Crippen molar-refractivity contribution in [3.05, 3.63) is 29.9 Å². The average Bonchev–Trinajstić information content (AvgIpc) is 2.74. The van der Waals surface area contributed by atoms with E-state index in [1.807, 2.05) is 24.0 Å². The predicted molar refractivity (Wildman–Crippen MR) is 68.7 cm³/mol. The monoisotopic (exact) mass is 234 g/mol. The van der Waals surface area contributed by atoms with Gasteiger partial charge in [0.2, 0.25) is 0 Å². The van der Waals surface area contributed by atoms with Gasteiger partial charge < -0.3 is 9.67 Å². The first-order chi connectivity index (χ1) is 8.25. The van der Waals surface area contributed by atoms with Gasteiger partial charge in [0.05, 0.1) is 6.10 Å². The number of aliphatic hydroxyl groups is 1. The SMILES string of the molecule is Cn1ccnc1CCC(O)CC1=CCCCC1. The first kappa shape index (κ1) is 12.4. The quantitative estimate of drug-likeness (QED) is 0.795. The molecule has 94 valence electrons. The second-order valence-corrected chi connectivity index (χ2v) is 4.96. The third-order valence-corrected chi connectivity index (χ3v) is 3.50. The maximum atomic E-state index is 10.0. The second-order valence-electron chi connectivity index (χ2n) is 4.96. The minimum Gasteiger partial charge on any atom is -0.393 e. The van der Waals surface area contributed by atoms with Gasteiger partial charge in [-0.25, -0.2) is 4.98 Å². The number of hydrogen-bond acceptors (Lipinski definition) is 2. The van der Waals surface area contributed by atoms with Crippen LogP contribution in [0.25, 0.3) is 0 Å². The smallest absolute Gasteiger partial charge is 0.108 e. The summed E-state index contributed by atoms with van der Waals surface area (Å²) in [7, 11) is 2.00. The van der Waals surface area contributed by atoms with E-state index in [1.54, 1.807) is 0 Å². The van der Waals surface area contributed by atoms with Crippen LogP contribution in [0.3, 0.4) is 0 Å². The van der Waals surface area contributed by atoms with E-state index in [0.29, 0.717) is 0 Å². The van der Waals surface area contributed by atoms with Crippen LogP contribution in [0.1, 0.15) is 44.3 Å². The fourth-order valence-corrected chi connectivity index (χ4v) is 2.43. The Morgan fingerprint density at radius 2 is 2.35 bits per heavy atom. The molecule has 0 radical (unpaired) electrons. The van der Waals surface area contributed by atoms with Gasteiger partial charge in [-0.05, 0) is 38.5 Å². The Hall–Kier alpha value is -1.09. The summed E-state index contributed by atoms with van der Waals surface area (Å²) in [4.78, 5) is 4.27. The summed E-state index contributed by atoms with van der Waals surface area (Å²) in [6.07, 6.45) is 13.4. The van der Waals surface area contributed by atoms with Crippen molar-refractivity contribution < 1.29 is 5.11 Å². The first-order valence-electron chi connectivity index (χ1n) is 6.58. The molecule has 0 saturated heterocycles. The maximum absolute atomic E-state index is 10.0.